The van der Waals surface area contributed by atoms with Crippen molar-refractivity contribution < 1.29 is 4.79 Å². The maximum atomic E-state index is 11.2. The summed E-state index contributed by atoms with van der Waals surface area (Å²) in [6.07, 6.45) is 5.78. The number of likely N-dealkylation sites (tertiary alicyclic amines) is 1. The number of carbonyl (C=O) groups excluding carboxylic acids is 1. The largest absolute Gasteiger partial charge is 0.303 e. The van der Waals surface area contributed by atoms with Crippen molar-refractivity contribution >= 4 is 6.29 Å². The Balaban J connectivity index is 2.45. The van der Waals surface area contributed by atoms with Crippen molar-refractivity contribution in [3.8, 4) is 0 Å². The Morgan fingerprint density at radius 3 is 2.31 bits per heavy atom. The van der Waals surface area contributed by atoms with Crippen LogP contribution < -0.4 is 0 Å². The summed E-state index contributed by atoms with van der Waals surface area (Å²) in [5.74, 6) is 0. The maximum Gasteiger partial charge on any atom is 0.127 e. The highest BCUT2D eigenvalue weighted by Crippen LogP contribution is 2.31. The van der Waals surface area contributed by atoms with Crippen molar-refractivity contribution in [2.24, 2.45) is 10.8 Å². The lowest BCUT2D eigenvalue weighted by molar-refractivity contribution is -0.117. The minimum atomic E-state index is -0.129. The second-order valence-corrected chi connectivity index (χ2v) is 6.46. The van der Waals surface area contributed by atoms with E-state index in [4.69, 9.17) is 0 Å². The molecule has 0 aromatic carbocycles. The number of hydrogen-bond acceptors (Lipinski definition) is 2. The molecule has 1 aliphatic heterocycles. The third kappa shape index (κ3) is 3.89. The summed E-state index contributed by atoms with van der Waals surface area (Å²) in [5, 5.41) is 0. The normalized spacial score (nSPS) is 25.0. The van der Waals surface area contributed by atoms with Gasteiger partial charge in [-0.15, -0.1) is 0 Å². The first kappa shape index (κ1) is 13.7. The van der Waals surface area contributed by atoms with Crippen LogP contribution in [0.3, 0.4) is 0 Å². The zero-order valence-corrected chi connectivity index (χ0v) is 11.4. The monoisotopic (exact) mass is 225 g/mol. The molecule has 0 saturated carbocycles. The lowest BCUT2D eigenvalue weighted by Crippen LogP contribution is -2.43. The van der Waals surface area contributed by atoms with Crippen LogP contribution in [0.25, 0.3) is 0 Å². The minimum absolute atomic E-state index is 0.129. The Labute approximate surface area is 100 Å². The van der Waals surface area contributed by atoms with E-state index in [1.165, 1.54) is 12.8 Å². The second-order valence-electron chi connectivity index (χ2n) is 6.46. The average molecular weight is 225 g/mol. The van der Waals surface area contributed by atoms with Crippen LogP contribution in [-0.2, 0) is 4.79 Å². The Kier molecular flexibility index (Phi) is 4.54. The third-order valence-corrected chi connectivity index (χ3v) is 3.90. The lowest BCUT2D eigenvalue weighted by atomic mass is 9.81. The fourth-order valence-corrected chi connectivity index (χ4v) is 2.57. The van der Waals surface area contributed by atoms with Crippen LogP contribution >= 0.6 is 0 Å². The standard InChI is InChI=1S/C14H27NO/c1-5-6-14(4,12-16)11-15-9-7-13(2,3)8-10-15/h12H,5-11H2,1-4H3. The molecule has 1 atom stereocenters. The number of nitrogens with zero attached hydrogens (tertiary/aromatic N) is 1. The maximum absolute atomic E-state index is 11.2. The number of aldehydes is 1. The summed E-state index contributed by atoms with van der Waals surface area (Å²) >= 11 is 0. The predicted molar refractivity (Wildman–Crippen MR) is 68.5 cm³/mol. The summed E-state index contributed by atoms with van der Waals surface area (Å²) in [6, 6.07) is 0. The molecule has 0 radical (unpaired) electrons. The molecular weight excluding hydrogens is 198 g/mol. The van der Waals surface area contributed by atoms with Crippen molar-refractivity contribution in [2.75, 3.05) is 19.6 Å². The molecular formula is C14H27NO. The zero-order chi connectivity index (χ0) is 12.2. The molecule has 16 heavy (non-hydrogen) atoms. The quantitative estimate of drug-likeness (QED) is 0.670. The van der Waals surface area contributed by atoms with Crippen LogP contribution in [-0.4, -0.2) is 30.8 Å². The van der Waals surface area contributed by atoms with Crippen molar-refractivity contribution in [3.63, 3.8) is 0 Å². The minimum Gasteiger partial charge on any atom is -0.303 e. The van der Waals surface area contributed by atoms with E-state index in [2.05, 4.69) is 32.6 Å². The summed E-state index contributed by atoms with van der Waals surface area (Å²) < 4.78 is 0. The van der Waals surface area contributed by atoms with Crippen LogP contribution in [0.4, 0.5) is 0 Å². The van der Waals surface area contributed by atoms with E-state index in [-0.39, 0.29) is 5.41 Å². The van der Waals surface area contributed by atoms with Crippen molar-refractivity contribution in [1.29, 1.82) is 0 Å². The topological polar surface area (TPSA) is 20.3 Å². The molecule has 1 heterocycles. The van der Waals surface area contributed by atoms with Gasteiger partial charge in [-0.05, 0) is 37.8 Å². The molecule has 94 valence electrons. The molecule has 1 saturated heterocycles. The van der Waals surface area contributed by atoms with Gasteiger partial charge in [-0.1, -0.05) is 34.1 Å². The molecule has 0 bridgehead atoms. The lowest BCUT2D eigenvalue weighted by Gasteiger charge is -2.40. The Morgan fingerprint density at radius 2 is 1.88 bits per heavy atom. The molecule has 2 heteroatoms. The van der Waals surface area contributed by atoms with Gasteiger partial charge in [0.25, 0.3) is 0 Å². The highest BCUT2D eigenvalue weighted by Gasteiger charge is 2.30. The van der Waals surface area contributed by atoms with Crippen LogP contribution in [0.15, 0.2) is 0 Å². The molecule has 1 unspecified atom stereocenters. The van der Waals surface area contributed by atoms with E-state index >= 15 is 0 Å². The van der Waals surface area contributed by atoms with Gasteiger partial charge in [0, 0.05) is 12.0 Å². The van der Waals surface area contributed by atoms with E-state index in [1.54, 1.807) is 0 Å². The Bertz CT molecular complexity index is 227. The fourth-order valence-electron chi connectivity index (χ4n) is 2.57. The first-order valence-corrected chi connectivity index (χ1v) is 6.59. The Hall–Kier alpha value is -0.370. The first-order valence-electron chi connectivity index (χ1n) is 6.59. The van der Waals surface area contributed by atoms with Crippen molar-refractivity contribution in [1.82, 2.24) is 4.90 Å². The summed E-state index contributed by atoms with van der Waals surface area (Å²) in [5.41, 5.74) is 0.370. The molecule has 0 amide bonds. The number of hydrogen-bond donors (Lipinski definition) is 0. The molecule has 0 aromatic heterocycles. The van der Waals surface area contributed by atoms with Gasteiger partial charge in [0.15, 0.2) is 0 Å². The van der Waals surface area contributed by atoms with Crippen LogP contribution in [0, 0.1) is 10.8 Å². The highest BCUT2D eigenvalue weighted by molar-refractivity contribution is 5.59. The summed E-state index contributed by atoms with van der Waals surface area (Å²) in [4.78, 5) is 13.7. The van der Waals surface area contributed by atoms with Gasteiger partial charge in [0.1, 0.15) is 6.29 Å². The van der Waals surface area contributed by atoms with E-state index < -0.39 is 0 Å². The molecule has 2 nitrogen and oxygen atoms in total. The van der Waals surface area contributed by atoms with Crippen molar-refractivity contribution in [3.05, 3.63) is 0 Å². The van der Waals surface area contributed by atoms with Gasteiger partial charge in [-0.2, -0.15) is 0 Å². The van der Waals surface area contributed by atoms with Gasteiger partial charge < -0.3 is 9.69 Å². The molecule has 1 fully saturated rings. The van der Waals surface area contributed by atoms with Gasteiger partial charge >= 0.3 is 0 Å². The zero-order valence-electron chi connectivity index (χ0n) is 11.4. The molecule has 1 aliphatic rings. The molecule has 1 rings (SSSR count). The average Bonchev–Trinajstić information content (AvgIpc) is 2.22. The Morgan fingerprint density at radius 1 is 1.31 bits per heavy atom. The first-order chi connectivity index (χ1) is 7.41. The SMILES string of the molecule is CCCC(C)(C=O)CN1CCC(C)(C)CC1. The van der Waals surface area contributed by atoms with Crippen molar-refractivity contribution in [2.45, 2.75) is 53.4 Å². The van der Waals surface area contributed by atoms with Gasteiger partial charge in [0.2, 0.25) is 0 Å². The van der Waals surface area contributed by atoms with Crippen LogP contribution in [0.1, 0.15) is 53.4 Å². The van der Waals surface area contributed by atoms with Gasteiger partial charge in [-0.25, -0.2) is 0 Å². The number of rotatable bonds is 5. The molecule has 0 aromatic rings. The predicted octanol–water partition coefficient (Wildman–Crippen LogP) is 3.11. The smallest absolute Gasteiger partial charge is 0.127 e. The van der Waals surface area contributed by atoms with Gasteiger partial charge in [0.05, 0.1) is 0 Å². The molecule has 0 aliphatic carbocycles. The number of piperidine rings is 1. The van der Waals surface area contributed by atoms with Crippen LogP contribution in [0.5, 0.6) is 0 Å². The van der Waals surface area contributed by atoms with E-state index in [0.717, 1.165) is 38.8 Å². The van der Waals surface area contributed by atoms with E-state index in [1.807, 2.05) is 0 Å². The highest BCUT2D eigenvalue weighted by atomic mass is 16.1. The summed E-state index contributed by atoms with van der Waals surface area (Å²) in [7, 11) is 0. The van der Waals surface area contributed by atoms with Gasteiger partial charge in [-0.3, -0.25) is 0 Å². The van der Waals surface area contributed by atoms with E-state index in [0.29, 0.717) is 5.41 Å². The molecule has 0 spiro atoms. The van der Waals surface area contributed by atoms with E-state index in [9.17, 15) is 4.79 Å². The number of carbonyl (C=O) groups is 1. The molecule has 0 N–H and O–H groups in total. The third-order valence-electron chi connectivity index (χ3n) is 3.90. The van der Waals surface area contributed by atoms with Crippen LogP contribution in [0.2, 0.25) is 0 Å². The second kappa shape index (κ2) is 5.31. The fraction of sp³-hybridized carbons (Fsp3) is 0.929. The summed E-state index contributed by atoms with van der Waals surface area (Å²) in [6.45, 7) is 12.2.